The number of carbonyl (C=O) groups is 2. The van der Waals surface area contributed by atoms with E-state index in [1.165, 1.54) is 0 Å². The highest BCUT2D eigenvalue weighted by molar-refractivity contribution is 6.30. The zero-order chi connectivity index (χ0) is 26.5. The van der Waals surface area contributed by atoms with E-state index in [0.29, 0.717) is 49.0 Å². The van der Waals surface area contributed by atoms with Gasteiger partial charge in [-0.3, -0.25) is 9.59 Å². The first-order chi connectivity index (χ1) is 17.8. The second kappa shape index (κ2) is 11.8. The first-order valence-corrected chi connectivity index (χ1v) is 13.0. The fourth-order valence-electron chi connectivity index (χ4n) is 4.78. The second-order valence-corrected chi connectivity index (χ2v) is 9.80. The summed E-state index contributed by atoms with van der Waals surface area (Å²) in [4.78, 5) is 45.8. The highest BCUT2D eigenvalue weighted by Crippen LogP contribution is 2.31. The van der Waals surface area contributed by atoms with Gasteiger partial charge < -0.3 is 24.0 Å². The number of fused-ring (bicyclic) bond motifs is 1. The van der Waals surface area contributed by atoms with E-state index >= 15 is 0 Å². The summed E-state index contributed by atoms with van der Waals surface area (Å²) in [6, 6.07) is 14.5. The topological polar surface area (TPSA) is 75.1 Å². The van der Waals surface area contributed by atoms with Crippen LogP contribution in [0.2, 0.25) is 5.02 Å². The average Bonchev–Trinajstić information content (AvgIpc) is 2.89. The highest BCUT2D eigenvalue weighted by atomic mass is 35.5. The molecule has 0 atom stereocenters. The van der Waals surface area contributed by atoms with E-state index in [0.717, 1.165) is 23.9 Å². The largest absolute Gasteiger partial charge is 0.462 e. The van der Waals surface area contributed by atoms with Crippen molar-refractivity contribution >= 4 is 40.1 Å². The Morgan fingerprint density at radius 3 is 2.32 bits per heavy atom. The van der Waals surface area contributed by atoms with Gasteiger partial charge in [0.1, 0.15) is 5.56 Å². The molecule has 1 aromatic heterocycles. The van der Waals surface area contributed by atoms with Gasteiger partial charge in [0, 0.05) is 48.7 Å². The number of aryl methyl sites for hydroxylation is 1. The van der Waals surface area contributed by atoms with Gasteiger partial charge in [0.2, 0.25) is 0 Å². The van der Waals surface area contributed by atoms with E-state index in [-0.39, 0.29) is 23.6 Å². The lowest BCUT2D eigenvalue weighted by molar-refractivity contribution is 0.0523. The van der Waals surface area contributed by atoms with Crippen LogP contribution in [0.3, 0.4) is 0 Å². The van der Waals surface area contributed by atoms with E-state index in [1.54, 1.807) is 40.7 Å². The molecule has 3 aromatic rings. The van der Waals surface area contributed by atoms with Crippen molar-refractivity contribution in [3.8, 4) is 0 Å². The molecule has 0 unspecified atom stereocenters. The van der Waals surface area contributed by atoms with Crippen LogP contribution in [0.5, 0.6) is 0 Å². The maximum Gasteiger partial charge on any atom is 0.345 e. The lowest BCUT2D eigenvalue weighted by Gasteiger charge is -2.37. The number of piperazine rings is 1. The summed E-state index contributed by atoms with van der Waals surface area (Å²) >= 11 is 5.97. The molecule has 0 aliphatic carbocycles. The number of carbonyl (C=O) groups excluding carboxylic acids is 2. The number of rotatable bonds is 8. The zero-order valence-electron chi connectivity index (χ0n) is 21.6. The molecule has 37 heavy (non-hydrogen) atoms. The van der Waals surface area contributed by atoms with Crippen molar-refractivity contribution in [2.75, 3.05) is 58.3 Å². The molecule has 4 rings (SSSR count). The van der Waals surface area contributed by atoms with Crippen LogP contribution in [-0.4, -0.2) is 79.7 Å². The molecular weight excluding hydrogens is 492 g/mol. The molecule has 1 amide bonds. The van der Waals surface area contributed by atoms with Gasteiger partial charge in [0.15, 0.2) is 0 Å². The summed E-state index contributed by atoms with van der Waals surface area (Å²) in [6.07, 6.45) is 0.768. The van der Waals surface area contributed by atoms with Gasteiger partial charge in [-0.05, 0) is 64.3 Å². The number of ether oxygens (including phenoxy) is 1. The zero-order valence-corrected chi connectivity index (χ0v) is 22.3. The van der Waals surface area contributed by atoms with E-state index in [1.807, 2.05) is 43.3 Å². The lowest BCUT2D eigenvalue weighted by atomic mass is 10.1. The molecular formula is C28H33ClN4O4. The van der Waals surface area contributed by atoms with Gasteiger partial charge in [-0.15, -0.1) is 0 Å². The quantitative estimate of drug-likeness (QED) is 0.418. The number of hydrogen-bond acceptors (Lipinski definition) is 6. The molecule has 0 saturated carbocycles. The van der Waals surface area contributed by atoms with Crippen molar-refractivity contribution in [3.63, 3.8) is 0 Å². The standard InChI is InChI=1S/C28H33ClN4O4/c1-4-37-28(36)24-25(22-8-5-6-9-23(22)33(27(24)35)15-7-14-30(2)3)31-16-18-32(19-17-31)26(34)20-10-12-21(29)13-11-20/h5-6,8-13H,4,7,14-19H2,1-3H3. The van der Waals surface area contributed by atoms with Crippen molar-refractivity contribution in [2.24, 2.45) is 0 Å². The number of amides is 1. The van der Waals surface area contributed by atoms with Crippen LogP contribution in [0, 0.1) is 0 Å². The summed E-state index contributed by atoms with van der Waals surface area (Å²) in [7, 11) is 3.98. The van der Waals surface area contributed by atoms with E-state index in [2.05, 4.69) is 4.90 Å². The van der Waals surface area contributed by atoms with Crippen LogP contribution < -0.4 is 10.5 Å². The lowest BCUT2D eigenvalue weighted by Crippen LogP contribution is -2.49. The van der Waals surface area contributed by atoms with E-state index < -0.39 is 5.97 Å². The predicted octanol–water partition coefficient (Wildman–Crippen LogP) is 3.75. The molecule has 196 valence electrons. The molecule has 0 spiro atoms. The SMILES string of the molecule is CCOC(=O)c1c(N2CCN(C(=O)c3ccc(Cl)cc3)CC2)c2ccccc2n(CCCN(C)C)c1=O. The van der Waals surface area contributed by atoms with Gasteiger partial charge in [0.25, 0.3) is 11.5 Å². The first-order valence-electron chi connectivity index (χ1n) is 12.6. The number of halogens is 1. The predicted molar refractivity (Wildman–Crippen MR) is 147 cm³/mol. The number of pyridine rings is 1. The monoisotopic (exact) mass is 524 g/mol. The summed E-state index contributed by atoms with van der Waals surface area (Å²) in [5, 5.41) is 1.41. The van der Waals surface area contributed by atoms with Crippen molar-refractivity contribution in [2.45, 2.75) is 19.9 Å². The molecule has 0 radical (unpaired) electrons. The minimum Gasteiger partial charge on any atom is -0.462 e. The third kappa shape index (κ3) is 5.81. The maximum absolute atomic E-state index is 13.8. The van der Waals surface area contributed by atoms with Crippen molar-refractivity contribution in [1.29, 1.82) is 0 Å². The van der Waals surface area contributed by atoms with Crippen molar-refractivity contribution < 1.29 is 14.3 Å². The van der Waals surface area contributed by atoms with E-state index in [4.69, 9.17) is 16.3 Å². The Bertz CT molecular complexity index is 1330. The van der Waals surface area contributed by atoms with Crippen LogP contribution in [0.1, 0.15) is 34.1 Å². The summed E-state index contributed by atoms with van der Waals surface area (Å²) in [5.41, 5.74) is 1.67. The molecule has 2 aromatic carbocycles. The smallest absolute Gasteiger partial charge is 0.345 e. The number of esters is 1. The molecule has 8 nitrogen and oxygen atoms in total. The second-order valence-electron chi connectivity index (χ2n) is 9.36. The number of benzene rings is 2. The molecule has 1 fully saturated rings. The van der Waals surface area contributed by atoms with Crippen LogP contribution in [0.15, 0.2) is 53.3 Å². The Kier molecular flexibility index (Phi) is 8.51. The van der Waals surface area contributed by atoms with Crippen LogP contribution in [0.4, 0.5) is 5.69 Å². The maximum atomic E-state index is 13.8. The fraction of sp³-hybridized carbons (Fsp3) is 0.393. The third-order valence-electron chi connectivity index (χ3n) is 6.59. The van der Waals surface area contributed by atoms with Crippen LogP contribution in [-0.2, 0) is 11.3 Å². The number of para-hydroxylation sites is 1. The Labute approximate surface area is 222 Å². The van der Waals surface area contributed by atoms with Crippen LogP contribution in [0.25, 0.3) is 10.9 Å². The first kappa shape index (κ1) is 26.7. The summed E-state index contributed by atoms with van der Waals surface area (Å²) in [6.45, 7) is 5.12. The number of aromatic nitrogens is 1. The van der Waals surface area contributed by atoms with Gasteiger partial charge in [-0.1, -0.05) is 29.8 Å². The molecule has 0 N–H and O–H groups in total. The average molecular weight is 525 g/mol. The Balaban J connectivity index is 1.69. The van der Waals surface area contributed by atoms with Gasteiger partial charge in [0.05, 0.1) is 17.8 Å². The van der Waals surface area contributed by atoms with Crippen molar-refractivity contribution in [1.82, 2.24) is 14.4 Å². The van der Waals surface area contributed by atoms with Gasteiger partial charge in [-0.2, -0.15) is 0 Å². The minimum absolute atomic E-state index is 0.0582. The molecule has 0 bridgehead atoms. The number of nitrogens with zero attached hydrogens (tertiary/aromatic N) is 4. The number of hydrogen-bond donors (Lipinski definition) is 0. The summed E-state index contributed by atoms with van der Waals surface area (Å²) in [5.74, 6) is -0.683. The molecule has 1 aliphatic rings. The molecule has 2 heterocycles. The molecule has 1 aliphatic heterocycles. The minimum atomic E-state index is -0.616. The van der Waals surface area contributed by atoms with Crippen LogP contribution >= 0.6 is 11.6 Å². The Morgan fingerprint density at radius 2 is 1.68 bits per heavy atom. The molecule has 9 heteroatoms. The normalized spacial score (nSPS) is 13.9. The van der Waals surface area contributed by atoms with Gasteiger partial charge in [-0.25, -0.2) is 4.79 Å². The Morgan fingerprint density at radius 1 is 1.00 bits per heavy atom. The Hall–Kier alpha value is -3.36. The number of anilines is 1. The summed E-state index contributed by atoms with van der Waals surface area (Å²) < 4.78 is 7.04. The molecule has 1 saturated heterocycles. The third-order valence-corrected chi connectivity index (χ3v) is 6.84. The van der Waals surface area contributed by atoms with Crippen molar-refractivity contribution in [3.05, 3.63) is 75.0 Å². The fourth-order valence-corrected chi connectivity index (χ4v) is 4.91. The van der Waals surface area contributed by atoms with Gasteiger partial charge >= 0.3 is 5.97 Å². The highest BCUT2D eigenvalue weighted by Gasteiger charge is 2.30. The van der Waals surface area contributed by atoms with E-state index in [9.17, 15) is 14.4 Å².